The Labute approximate surface area is 115 Å². The van der Waals surface area contributed by atoms with Crippen LogP contribution < -0.4 is 5.32 Å². The van der Waals surface area contributed by atoms with Gasteiger partial charge in [-0.1, -0.05) is 0 Å². The van der Waals surface area contributed by atoms with E-state index >= 15 is 0 Å². The first-order valence-electron chi connectivity index (χ1n) is 5.87. The molecule has 6 nitrogen and oxygen atoms in total. The lowest BCUT2D eigenvalue weighted by Gasteiger charge is -2.33. The zero-order valence-electron chi connectivity index (χ0n) is 11.5. The number of rotatable bonds is 4. The maximum Gasteiger partial charge on any atom is 0.338 e. The van der Waals surface area contributed by atoms with Crippen LogP contribution in [-0.2, 0) is 0 Å². The van der Waals surface area contributed by atoms with E-state index in [4.69, 9.17) is 5.11 Å². The van der Waals surface area contributed by atoms with Crippen molar-refractivity contribution in [1.29, 1.82) is 0 Å². The van der Waals surface area contributed by atoms with Crippen LogP contribution in [0.3, 0.4) is 0 Å². The SMILES string of the molecule is CN(C(=O)Nc1ccc(C(=O)O)c(F)c1)C(C)(C)CO. The number of amides is 2. The highest BCUT2D eigenvalue weighted by Gasteiger charge is 2.27. The van der Waals surface area contributed by atoms with Crippen molar-refractivity contribution in [3.8, 4) is 0 Å². The molecule has 0 fully saturated rings. The topological polar surface area (TPSA) is 89.9 Å². The van der Waals surface area contributed by atoms with Gasteiger partial charge in [0, 0.05) is 12.7 Å². The van der Waals surface area contributed by atoms with Crippen molar-refractivity contribution in [3.05, 3.63) is 29.6 Å². The molecule has 0 atom stereocenters. The average molecular weight is 284 g/mol. The molecule has 0 aliphatic carbocycles. The number of carboxylic acids is 1. The monoisotopic (exact) mass is 284 g/mol. The van der Waals surface area contributed by atoms with E-state index in [0.717, 1.165) is 12.1 Å². The first-order valence-corrected chi connectivity index (χ1v) is 5.87. The Hall–Kier alpha value is -2.15. The average Bonchev–Trinajstić information content (AvgIpc) is 2.37. The maximum atomic E-state index is 13.5. The fourth-order valence-electron chi connectivity index (χ4n) is 1.35. The van der Waals surface area contributed by atoms with Crippen LogP contribution in [-0.4, -0.2) is 46.3 Å². The van der Waals surface area contributed by atoms with Crippen molar-refractivity contribution in [1.82, 2.24) is 4.90 Å². The first-order chi connectivity index (χ1) is 9.19. The number of carbonyl (C=O) groups excluding carboxylic acids is 1. The molecule has 7 heteroatoms. The summed E-state index contributed by atoms with van der Waals surface area (Å²) in [4.78, 5) is 23.9. The molecular formula is C13H17FN2O4. The van der Waals surface area contributed by atoms with Crippen LogP contribution in [0.25, 0.3) is 0 Å². The quantitative estimate of drug-likeness (QED) is 0.786. The Kier molecular flexibility index (Phi) is 4.67. The van der Waals surface area contributed by atoms with Crippen LogP contribution >= 0.6 is 0 Å². The number of carboxylic acid groups (broad SMARTS) is 1. The van der Waals surface area contributed by atoms with Crippen LogP contribution in [0.1, 0.15) is 24.2 Å². The third kappa shape index (κ3) is 3.45. The van der Waals surface area contributed by atoms with Crippen molar-refractivity contribution in [3.63, 3.8) is 0 Å². The second-order valence-electron chi connectivity index (χ2n) is 4.96. The number of nitrogens with one attached hydrogen (secondary N) is 1. The molecule has 0 spiro atoms. The number of hydrogen-bond acceptors (Lipinski definition) is 3. The molecule has 3 N–H and O–H groups in total. The van der Waals surface area contributed by atoms with Crippen molar-refractivity contribution in [2.75, 3.05) is 19.0 Å². The molecule has 1 rings (SSSR count). The predicted molar refractivity (Wildman–Crippen MR) is 71.3 cm³/mol. The summed E-state index contributed by atoms with van der Waals surface area (Å²) in [7, 11) is 1.49. The number of carbonyl (C=O) groups is 2. The lowest BCUT2D eigenvalue weighted by molar-refractivity contribution is 0.0692. The molecule has 110 valence electrons. The zero-order chi connectivity index (χ0) is 15.5. The number of aliphatic hydroxyl groups is 1. The summed E-state index contributed by atoms with van der Waals surface area (Å²) in [6.07, 6.45) is 0. The molecule has 0 unspecified atom stereocenters. The number of halogens is 1. The van der Waals surface area contributed by atoms with Gasteiger partial charge in [-0.15, -0.1) is 0 Å². The van der Waals surface area contributed by atoms with Crippen LogP contribution in [0.2, 0.25) is 0 Å². The number of aromatic carboxylic acids is 1. The van der Waals surface area contributed by atoms with Gasteiger partial charge >= 0.3 is 12.0 Å². The van der Waals surface area contributed by atoms with E-state index in [-0.39, 0.29) is 12.3 Å². The number of hydrogen-bond donors (Lipinski definition) is 3. The second kappa shape index (κ2) is 5.87. The zero-order valence-corrected chi connectivity index (χ0v) is 11.5. The number of aliphatic hydroxyl groups excluding tert-OH is 1. The van der Waals surface area contributed by atoms with E-state index in [1.54, 1.807) is 13.8 Å². The third-order valence-electron chi connectivity index (χ3n) is 3.05. The van der Waals surface area contributed by atoms with E-state index in [1.165, 1.54) is 18.0 Å². The van der Waals surface area contributed by atoms with Gasteiger partial charge in [0.05, 0.1) is 17.7 Å². The van der Waals surface area contributed by atoms with E-state index < -0.39 is 28.9 Å². The molecule has 0 saturated heterocycles. The number of nitrogens with zero attached hydrogens (tertiary/aromatic N) is 1. The van der Waals surface area contributed by atoms with Crippen LogP contribution in [0.4, 0.5) is 14.9 Å². The Balaban J connectivity index is 2.87. The smallest absolute Gasteiger partial charge is 0.338 e. The van der Waals surface area contributed by atoms with Crippen molar-refractivity contribution in [2.45, 2.75) is 19.4 Å². The summed E-state index contributed by atoms with van der Waals surface area (Å²) in [6.45, 7) is 3.10. The minimum atomic E-state index is -1.38. The summed E-state index contributed by atoms with van der Waals surface area (Å²) in [5.74, 6) is -2.31. The Morgan fingerprint density at radius 3 is 2.45 bits per heavy atom. The van der Waals surface area contributed by atoms with Gasteiger partial charge in [0.1, 0.15) is 5.82 Å². The van der Waals surface area contributed by atoms with Gasteiger partial charge in [-0.3, -0.25) is 0 Å². The minimum absolute atomic E-state index is 0.137. The molecule has 0 aliphatic heterocycles. The Morgan fingerprint density at radius 2 is 2.00 bits per heavy atom. The predicted octanol–water partition coefficient (Wildman–Crippen LogP) is 1.76. The van der Waals surface area contributed by atoms with E-state index in [1.807, 2.05) is 0 Å². The van der Waals surface area contributed by atoms with Crippen molar-refractivity contribution >= 4 is 17.7 Å². The minimum Gasteiger partial charge on any atom is -0.478 e. The number of urea groups is 1. The molecule has 0 saturated carbocycles. The maximum absolute atomic E-state index is 13.5. The highest BCUT2D eigenvalue weighted by atomic mass is 19.1. The Bertz CT molecular complexity index is 531. The molecule has 0 bridgehead atoms. The standard InChI is InChI=1S/C13H17FN2O4/c1-13(2,7-17)16(3)12(20)15-8-4-5-9(11(18)19)10(14)6-8/h4-6,17H,7H2,1-3H3,(H,15,20)(H,18,19). The van der Waals surface area contributed by atoms with Gasteiger partial charge < -0.3 is 20.4 Å². The first kappa shape index (κ1) is 15.9. The largest absolute Gasteiger partial charge is 0.478 e. The summed E-state index contributed by atoms with van der Waals surface area (Å²) >= 11 is 0. The molecule has 2 amide bonds. The summed E-state index contributed by atoms with van der Waals surface area (Å²) in [5, 5.41) is 20.3. The lowest BCUT2D eigenvalue weighted by atomic mass is 10.1. The normalized spacial score (nSPS) is 11.1. The molecule has 0 heterocycles. The van der Waals surface area contributed by atoms with Gasteiger partial charge in [0.25, 0.3) is 0 Å². The van der Waals surface area contributed by atoms with Gasteiger partial charge in [-0.25, -0.2) is 14.0 Å². The molecule has 1 aromatic rings. The van der Waals surface area contributed by atoms with Gasteiger partial charge in [0.2, 0.25) is 0 Å². The van der Waals surface area contributed by atoms with Gasteiger partial charge in [0.15, 0.2) is 0 Å². The summed E-state index contributed by atoms with van der Waals surface area (Å²) in [6, 6.07) is 2.77. The highest BCUT2D eigenvalue weighted by molar-refractivity contribution is 5.92. The fourth-order valence-corrected chi connectivity index (χ4v) is 1.35. The number of benzene rings is 1. The van der Waals surface area contributed by atoms with E-state index in [0.29, 0.717) is 0 Å². The third-order valence-corrected chi connectivity index (χ3v) is 3.05. The molecule has 0 radical (unpaired) electrons. The molecule has 20 heavy (non-hydrogen) atoms. The lowest BCUT2D eigenvalue weighted by Crippen LogP contribution is -2.49. The fraction of sp³-hybridized carbons (Fsp3) is 0.385. The Morgan fingerprint density at radius 1 is 1.40 bits per heavy atom. The molecule has 0 aliphatic rings. The molecule has 0 aromatic heterocycles. The number of anilines is 1. The molecule has 1 aromatic carbocycles. The van der Waals surface area contributed by atoms with E-state index in [2.05, 4.69) is 5.32 Å². The van der Waals surface area contributed by atoms with Gasteiger partial charge in [-0.05, 0) is 32.0 Å². The van der Waals surface area contributed by atoms with Gasteiger partial charge in [-0.2, -0.15) is 0 Å². The van der Waals surface area contributed by atoms with Crippen molar-refractivity contribution < 1.29 is 24.2 Å². The molecular weight excluding hydrogens is 267 g/mol. The number of likely N-dealkylation sites (N-methyl/N-ethyl adjacent to an activating group) is 1. The van der Waals surface area contributed by atoms with E-state index in [9.17, 15) is 19.1 Å². The van der Waals surface area contributed by atoms with Crippen LogP contribution in [0.15, 0.2) is 18.2 Å². The van der Waals surface area contributed by atoms with Crippen LogP contribution in [0.5, 0.6) is 0 Å². The highest BCUT2D eigenvalue weighted by Crippen LogP contribution is 2.17. The summed E-state index contributed by atoms with van der Waals surface area (Å²) in [5.41, 5.74) is -1.10. The van der Waals surface area contributed by atoms with Crippen molar-refractivity contribution in [2.24, 2.45) is 0 Å². The van der Waals surface area contributed by atoms with Crippen LogP contribution in [0, 0.1) is 5.82 Å². The second-order valence-corrected chi connectivity index (χ2v) is 4.96. The summed E-state index contributed by atoms with van der Waals surface area (Å²) < 4.78 is 13.5.